The SMILES string of the molecule is CCNC(=NCC(C)(O)c1ccccc1)NCCS(=O)(=O)Nc1ccc(C)c(F)c1. The van der Waals surface area contributed by atoms with E-state index in [1.165, 1.54) is 12.1 Å². The molecule has 0 heterocycles. The Labute approximate surface area is 177 Å². The predicted octanol–water partition coefficient (Wildman–Crippen LogP) is 2.34. The van der Waals surface area contributed by atoms with Crippen LogP contribution < -0.4 is 15.4 Å². The zero-order chi connectivity index (χ0) is 22.2. The summed E-state index contributed by atoms with van der Waals surface area (Å²) < 4.78 is 40.5. The molecule has 0 aliphatic carbocycles. The second-order valence-corrected chi connectivity index (χ2v) is 8.99. The molecule has 164 valence electrons. The minimum Gasteiger partial charge on any atom is -0.384 e. The number of nitrogens with one attached hydrogen (secondary N) is 3. The Hall–Kier alpha value is -2.65. The van der Waals surface area contributed by atoms with Crippen molar-refractivity contribution in [1.29, 1.82) is 0 Å². The number of hydrogen-bond donors (Lipinski definition) is 4. The number of aliphatic imine (C=N–C) groups is 1. The molecule has 0 amide bonds. The van der Waals surface area contributed by atoms with Crippen molar-refractivity contribution in [2.75, 3.05) is 30.1 Å². The molecule has 9 heteroatoms. The lowest BCUT2D eigenvalue weighted by molar-refractivity contribution is 0.0672. The number of hydrogen-bond acceptors (Lipinski definition) is 4. The molecule has 2 aromatic carbocycles. The van der Waals surface area contributed by atoms with Crippen LogP contribution in [0.25, 0.3) is 0 Å². The van der Waals surface area contributed by atoms with Gasteiger partial charge in [0.2, 0.25) is 10.0 Å². The van der Waals surface area contributed by atoms with Gasteiger partial charge in [-0.05, 0) is 44.0 Å². The van der Waals surface area contributed by atoms with Crippen LogP contribution in [0.1, 0.15) is 25.0 Å². The lowest BCUT2D eigenvalue weighted by Crippen LogP contribution is -2.41. The average molecular weight is 437 g/mol. The van der Waals surface area contributed by atoms with E-state index in [0.29, 0.717) is 18.1 Å². The Kier molecular flexibility index (Phi) is 8.19. The van der Waals surface area contributed by atoms with Gasteiger partial charge in [0.25, 0.3) is 0 Å². The molecule has 1 unspecified atom stereocenters. The predicted molar refractivity (Wildman–Crippen MR) is 119 cm³/mol. The highest BCUT2D eigenvalue weighted by molar-refractivity contribution is 7.92. The van der Waals surface area contributed by atoms with E-state index in [4.69, 9.17) is 0 Å². The normalized spacial score (nSPS) is 14.1. The summed E-state index contributed by atoms with van der Waals surface area (Å²) in [5.41, 5.74) is 0.198. The van der Waals surface area contributed by atoms with Gasteiger partial charge in [0.1, 0.15) is 11.4 Å². The lowest BCUT2D eigenvalue weighted by Gasteiger charge is -2.22. The van der Waals surface area contributed by atoms with Gasteiger partial charge in [0.15, 0.2) is 5.96 Å². The summed E-state index contributed by atoms with van der Waals surface area (Å²) in [5.74, 6) is -0.312. The van der Waals surface area contributed by atoms with Crippen molar-refractivity contribution < 1.29 is 17.9 Å². The van der Waals surface area contributed by atoms with Crippen LogP contribution in [0.3, 0.4) is 0 Å². The second kappa shape index (κ2) is 10.4. The fourth-order valence-corrected chi connectivity index (χ4v) is 3.61. The standard InChI is InChI=1S/C21H29FN4O3S/c1-4-23-20(25-15-21(3,27)17-8-6-5-7-9-17)24-12-13-30(28,29)26-18-11-10-16(2)19(22)14-18/h5-11,14,26-27H,4,12-13,15H2,1-3H3,(H2,23,24,25). The molecule has 0 radical (unpaired) electrons. The quantitative estimate of drug-likeness (QED) is 0.357. The highest BCUT2D eigenvalue weighted by Crippen LogP contribution is 2.20. The zero-order valence-electron chi connectivity index (χ0n) is 17.4. The fourth-order valence-electron chi connectivity index (χ4n) is 2.65. The van der Waals surface area contributed by atoms with E-state index >= 15 is 0 Å². The highest BCUT2D eigenvalue weighted by Gasteiger charge is 2.22. The van der Waals surface area contributed by atoms with Crippen molar-refractivity contribution in [3.05, 3.63) is 65.5 Å². The van der Waals surface area contributed by atoms with E-state index in [0.717, 1.165) is 11.6 Å². The summed E-state index contributed by atoms with van der Waals surface area (Å²) in [7, 11) is -3.67. The van der Waals surface area contributed by atoms with Crippen LogP contribution in [-0.4, -0.2) is 44.9 Å². The Bertz CT molecular complexity index is 963. The first-order chi connectivity index (χ1) is 14.1. The smallest absolute Gasteiger partial charge is 0.234 e. The number of sulfonamides is 1. The number of nitrogens with zero attached hydrogens (tertiary/aromatic N) is 1. The van der Waals surface area contributed by atoms with Gasteiger partial charge in [-0.25, -0.2) is 17.8 Å². The van der Waals surface area contributed by atoms with Crippen LogP contribution in [0, 0.1) is 12.7 Å². The number of anilines is 1. The van der Waals surface area contributed by atoms with Crippen molar-refractivity contribution in [2.24, 2.45) is 4.99 Å². The molecule has 1 atom stereocenters. The van der Waals surface area contributed by atoms with Crippen LogP contribution in [0.5, 0.6) is 0 Å². The third-order valence-electron chi connectivity index (χ3n) is 4.39. The van der Waals surface area contributed by atoms with Crippen molar-refractivity contribution in [2.45, 2.75) is 26.4 Å². The number of rotatable bonds is 9. The number of halogens is 1. The highest BCUT2D eigenvalue weighted by atomic mass is 32.2. The van der Waals surface area contributed by atoms with E-state index in [1.807, 2.05) is 37.3 Å². The molecule has 30 heavy (non-hydrogen) atoms. The molecule has 7 nitrogen and oxygen atoms in total. The van der Waals surface area contributed by atoms with Gasteiger partial charge in [-0.15, -0.1) is 0 Å². The monoisotopic (exact) mass is 436 g/mol. The van der Waals surface area contributed by atoms with Crippen LogP contribution >= 0.6 is 0 Å². The van der Waals surface area contributed by atoms with Crippen LogP contribution in [0.2, 0.25) is 0 Å². The Morgan fingerprint density at radius 2 is 1.87 bits per heavy atom. The van der Waals surface area contributed by atoms with Gasteiger partial charge in [-0.2, -0.15) is 0 Å². The summed E-state index contributed by atoms with van der Waals surface area (Å²) >= 11 is 0. The third-order valence-corrected chi connectivity index (χ3v) is 5.68. The molecule has 0 aliphatic heterocycles. The first-order valence-corrected chi connectivity index (χ1v) is 11.3. The Balaban J connectivity index is 1.94. The summed E-state index contributed by atoms with van der Waals surface area (Å²) in [6.07, 6.45) is 0. The summed E-state index contributed by atoms with van der Waals surface area (Å²) in [4.78, 5) is 4.37. The largest absolute Gasteiger partial charge is 0.384 e. The summed E-state index contributed by atoms with van der Waals surface area (Å²) in [6, 6.07) is 13.4. The molecule has 0 saturated heterocycles. The van der Waals surface area contributed by atoms with E-state index in [2.05, 4.69) is 20.3 Å². The average Bonchev–Trinajstić information content (AvgIpc) is 2.69. The molecular formula is C21H29FN4O3S. The summed E-state index contributed by atoms with van der Waals surface area (Å²) in [5, 5.41) is 16.6. The van der Waals surface area contributed by atoms with E-state index in [9.17, 15) is 17.9 Å². The van der Waals surface area contributed by atoms with Crippen LogP contribution in [0.4, 0.5) is 10.1 Å². The first kappa shape index (κ1) is 23.6. The molecule has 0 aromatic heterocycles. The third kappa shape index (κ3) is 7.31. The first-order valence-electron chi connectivity index (χ1n) is 9.70. The van der Waals surface area contributed by atoms with E-state index < -0.39 is 21.4 Å². The maximum absolute atomic E-state index is 13.6. The van der Waals surface area contributed by atoms with Gasteiger partial charge in [-0.1, -0.05) is 36.4 Å². The molecule has 0 fully saturated rings. The van der Waals surface area contributed by atoms with Crippen molar-refractivity contribution in [1.82, 2.24) is 10.6 Å². The number of aliphatic hydroxyl groups is 1. The number of guanidine groups is 1. The van der Waals surface area contributed by atoms with Gasteiger partial charge in [0, 0.05) is 13.1 Å². The van der Waals surface area contributed by atoms with Crippen LogP contribution in [-0.2, 0) is 15.6 Å². The van der Waals surface area contributed by atoms with Gasteiger partial charge < -0.3 is 15.7 Å². The molecule has 2 aromatic rings. The number of aryl methyl sites for hydroxylation is 1. The van der Waals surface area contributed by atoms with Crippen molar-refractivity contribution in [3.8, 4) is 0 Å². The summed E-state index contributed by atoms with van der Waals surface area (Å²) in [6.45, 7) is 5.92. The molecule has 0 aliphatic rings. The van der Waals surface area contributed by atoms with Crippen LogP contribution in [0.15, 0.2) is 53.5 Å². The van der Waals surface area contributed by atoms with Gasteiger partial charge >= 0.3 is 0 Å². The maximum Gasteiger partial charge on any atom is 0.234 e. The van der Waals surface area contributed by atoms with E-state index in [1.54, 1.807) is 13.8 Å². The molecular weight excluding hydrogens is 407 g/mol. The number of benzene rings is 2. The molecule has 0 spiro atoms. The lowest BCUT2D eigenvalue weighted by atomic mass is 9.96. The molecule has 4 N–H and O–H groups in total. The molecule has 0 bridgehead atoms. The van der Waals surface area contributed by atoms with Crippen molar-refractivity contribution in [3.63, 3.8) is 0 Å². The fraction of sp³-hybridized carbons (Fsp3) is 0.381. The second-order valence-electron chi connectivity index (χ2n) is 7.15. The molecule has 0 saturated carbocycles. The molecule has 2 rings (SSSR count). The maximum atomic E-state index is 13.6. The zero-order valence-corrected chi connectivity index (χ0v) is 18.3. The Morgan fingerprint density at radius 3 is 2.50 bits per heavy atom. The van der Waals surface area contributed by atoms with Crippen molar-refractivity contribution >= 4 is 21.7 Å². The van der Waals surface area contributed by atoms with Gasteiger partial charge in [-0.3, -0.25) is 4.72 Å². The minimum atomic E-state index is -3.67. The Morgan fingerprint density at radius 1 is 1.17 bits per heavy atom. The topological polar surface area (TPSA) is 103 Å². The minimum absolute atomic E-state index is 0.0863. The van der Waals surface area contributed by atoms with Gasteiger partial charge in [0.05, 0.1) is 18.0 Å². The van der Waals surface area contributed by atoms with E-state index in [-0.39, 0.29) is 24.5 Å².